The van der Waals surface area contributed by atoms with Crippen LogP contribution in [0.4, 0.5) is 0 Å². The van der Waals surface area contributed by atoms with E-state index in [1.165, 1.54) is 5.56 Å². The SMILES string of the molecule is Cc1[nH]cnc1CNC(C)c1ccc2c(c1)OCO2. The third kappa shape index (κ3) is 2.42. The maximum atomic E-state index is 5.39. The zero-order chi connectivity index (χ0) is 13.2. The van der Waals surface area contributed by atoms with E-state index in [2.05, 4.69) is 28.3 Å². The highest BCUT2D eigenvalue weighted by molar-refractivity contribution is 5.45. The van der Waals surface area contributed by atoms with Crippen molar-refractivity contribution in [3.05, 3.63) is 41.5 Å². The normalized spacial score (nSPS) is 14.6. The summed E-state index contributed by atoms with van der Waals surface area (Å²) in [6, 6.07) is 6.26. The monoisotopic (exact) mass is 259 g/mol. The van der Waals surface area contributed by atoms with Gasteiger partial charge in [-0.3, -0.25) is 0 Å². The van der Waals surface area contributed by atoms with Crippen molar-refractivity contribution in [2.24, 2.45) is 0 Å². The lowest BCUT2D eigenvalue weighted by Gasteiger charge is -2.14. The van der Waals surface area contributed by atoms with Gasteiger partial charge in [0, 0.05) is 18.3 Å². The van der Waals surface area contributed by atoms with E-state index >= 15 is 0 Å². The maximum Gasteiger partial charge on any atom is 0.231 e. The Morgan fingerprint density at radius 2 is 2.21 bits per heavy atom. The molecule has 0 bridgehead atoms. The van der Waals surface area contributed by atoms with Crippen LogP contribution in [0.3, 0.4) is 0 Å². The number of benzene rings is 1. The van der Waals surface area contributed by atoms with Gasteiger partial charge in [-0.05, 0) is 31.5 Å². The van der Waals surface area contributed by atoms with E-state index in [4.69, 9.17) is 9.47 Å². The molecule has 2 heterocycles. The quantitative estimate of drug-likeness (QED) is 0.884. The Kier molecular flexibility index (Phi) is 3.13. The lowest BCUT2D eigenvalue weighted by Crippen LogP contribution is -2.18. The van der Waals surface area contributed by atoms with Crippen molar-refractivity contribution < 1.29 is 9.47 Å². The molecule has 1 unspecified atom stereocenters. The van der Waals surface area contributed by atoms with E-state index in [0.29, 0.717) is 6.79 Å². The van der Waals surface area contributed by atoms with Crippen LogP contribution in [0.5, 0.6) is 11.5 Å². The molecule has 1 aliphatic heterocycles. The van der Waals surface area contributed by atoms with Crippen LogP contribution in [-0.2, 0) is 6.54 Å². The maximum absolute atomic E-state index is 5.39. The van der Waals surface area contributed by atoms with E-state index in [1.807, 2.05) is 19.1 Å². The number of H-pyrrole nitrogens is 1. The average molecular weight is 259 g/mol. The Bertz CT molecular complexity index is 580. The number of ether oxygens (including phenoxy) is 2. The Labute approximate surface area is 112 Å². The molecule has 3 rings (SSSR count). The zero-order valence-corrected chi connectivity index (χ0v) is 11.1. The fourth-order valence-electron chi connectivity index (χ4n) is 2.12. The number of fused-ring (bicyclic) bond motifs is 1. The van der Waals surface area contributed by atoms with Gasteiger partial charge in [0.05, 0.1) is 12.0 Å². The summed E-state index contributed by atoms with van der Waals surface area (Å²) in [5.74, 6) is 1.64. The summed E-state index contributed by atoms with van der Waals surface area (Å²) in [6.07, 6.45) is 1.72. The minimum absolute atomic E-state index is 0.227. The molecule has 0 saturated carbocycles. The first-order valence-electron chi connectivity index (χ1n) is 6.36. The summed E-state index contributed by atoms with van der Waals surface area (Å²) >= 11 is 0. The minimum Gasteiger partial charge on any atom is -0.454 e. The summed E-state index contributed by atoms with van der Waals surface area (Å²) in [7, 11) is 0. The molecule has 0 aliphatic carbocycles. The van der Waals surface area contributed by atoms with E-state index in [-0.39, 0.29) is 6.04 Å². The van der Waals surface area contributed by atoms with Crippen LogP contribution in [0.1, 0.15) is 29.9 Å². The van der Waals surface area contributed by atoms with Crippen molar-refractivity contribution >= 4 is 0 Å². The molecule has 1 aliphatic rings. The van der Waals surface area contributed by atoms with Gasteiger partial charge in [-0.1, -0.05) is 6.07 Å². The number of aryl methyl sites for hydroxylation is 1. The van der Waals surface area contributed by atoms with Gasteiger partial charge in [0.2, 0.25) is 6.79 Å². The van der Waals surface area contributed by atoms with Crippen LogP contribution in [0.15, 0.2) is 24.5 Å². The molecular formula is C14H17N3O2. The molecule has 2 aromatic rings. The van der Waals surface area contributed by atoms with Gasteiger partial charge < -0.3 is 19.8 Å². The minimum atomic E-state index is 0.227. The highest BCUT2D eigenvalue weighted by atomic mass is 16.7. The Balaban J connectivity index is 1.67. The number of rotatable bonds is 4. The Morgan fingerprint density at radius 1 is 1.37 bits per heavy atom. The summed E-state index contributed by atoms with van der Waals surface area (Å²) in [5.41, 5.74) is 3.33. The van der Waals surface area contributed by atoms with Crippen molar-refractivity contribution in [1.82, 2.24) is 15.3 Å². The second kappa shape index (κ2) is 4.93. The van der Waals surface area contributed by atoms with Crippen molar-refractivity contribution in [1.29, 1.82) is 0 Å². The summed E-state index contributed by atoms with van der Waals surface area (Å²) < 4.78 is 10.7. The second-order valence-electron chi connectivity index (χ2n) is 4.69. The van der Waals surface area contributed by atoms with Gasteiger partial charge >= 0.3 is 0 Å². The van der Waals surface area contributed by atoms with Crippen LogP contribution >= 0.6 is 0 Å². The molecule has 0 saturated heterocycles. The third-order valence-corrected chi connectivity index (χ3v) is 3.41. The van der Waals surface area contributed by atoms with Gasteiger partial charge in [0.25, 0.3) is 0 Å². The fraction of sp³-hybridized carbons (Fsp3) is 0.357. The molecule has 5 nitrogen and oxygen atoms in total. The van der Waals surface area contributed by atoms with Crippen molar-refractivity contribution in [3.63, 3.8) is 0 Å². The number of hydrogen-bond donors (Lipinski definition) is 2. The van der Waals surface area contributed by atoms with Crippen LogP contribution in [-0.4, -0.2) is 16.8 Å². The van der Waals surface area contributed by atoms with Gasteiger partial charge in [0.1, 0.15) is 0 Å². The van der Waals surface area contributed by atoms with Crippen LogP contribution in [0.2, 0.25) is 0 Å². The molecule has 0 radical (unpaired) electrons. The molecule has 2 N–H and O–H groups in total. The predicted molar refractivity (Wildman–Crippen MR) is 71.1 cm³/mol. The Morgan fingerprint density at radius 3 is 3.00 bits per heavy atom. The van der Waals surface area contributed by atoms with Crippen LogP contribution in [0, 0.1) is 6.92 Å². The number of aromatic amines is 1. The molecule has 0 spiro atoms. The number of aromatic nitrogens is 2. The zero-order valence-electron chi connectivity index (χ0n) is 11.1. The molecule has 0 amide bonds. The molecule has 1 aromatic carbocycles. The first-order valence-corrected chi connectivity index (χ1v) is 6.36. The smallest absolute Gasteiger partial charge is 0.231 e. The highest BCUT2D eigenvalue weighted by Crippen LogP contribution is 2.34. The van der Waals surface area contributed by atoms with Crippen LogP contribution in [0.25, 0.3) is 0 Å². The molecule has 19 heavy (non-hydrogen) atoms. The topological polar surface area (TPSA) is 59.2 Å². The Hall–Kier alpha value is -2.01. The van der Waals surface area contributed by atoms with Gasteiger partial charge in [-0.25, -0.2) is 4.98 Å². The largest absolute Gasteiger partial charge is 0.454 e. The number of hydrogen-bond acceptors (Lipinski definition) is 4. The number of imidazole rings is 1. The highest BCUT2D eigenvalue weighted by Gasteiger charge is 2.15. The average Bonchev–Trinajstić information content (AvgIpc) is 3.03. The molecule has 1 atom stereocenters. The lowest BCUT2D eigenvalue weighted by molar-refractivity contribution is 0.174. The molecular weight excluding hydrogens is 242 g/mol. The van der Waals surface area contributed by atoms with Gasteiger partial charge in [-0.2, -0.15) is 0 Å². The molecule has 0 fully saturated rings. The number of nitrogens with zero attached hydrogens (tertiary/aromatic N) is 1. The van der Waals surface area contributed by atoms with Crippen molar-refractivity contribution in [3.8, 4) is 11.5 Å². The summed E-state index contributed by atoms with van der Waals surface area (Å²) in [5, 5.41) is 3.45. The number of nitrogens with one attached hydrogen (secondary N) is 2. The summed E-state index contributed by atoms with van der Waals surface area (Å²) in [4.78, 5) is 7.35. The van der Waals surface area contributed by atoms with E-state index in [1.54, 1.807) is 6.33 Å². The standard InChI is InChI=1S/C14H17N3O2/c1-9(15-6-12-10(2)16-7-17-12)11-3-4-13-14(5-11)19-8-18-13/h3-5,7,9,15H,6,8H2,1-2H3,(H,16,17). The fourth-order valence-corrected chi connectivity index (χ4v) is 2.12. The first-order chi connectivity index (χ1) is 9.24. The van der Waals surface area contributed by atoms with Crippen molar-refractivity contribution in [2.75, 3.05) is 6.79 Å². The van der Waals surface area contributed by atoms with Gasteiger partial charge in [0.15, 0.2) is 11.5 Å². The molecule has 1 aromatic heterocycles. The molecule has 100 valence electrons. The first kappa shape index (κ1) is 12.0. The molecule has 5 heteroatoms. The van der Waals surface area contributed by atoms with E-state index < -0.39 is 0 Å². The van der Waals surface area contributed by atoms with Gasteiger partial charge in [-0.15, -0.1) is 0 Å². The van der Waals surface area contributed by atoms with Crippen molar-refractivity contribution in [2.45, 2.75) is 26.4 Å². The second-order valence-corrected chi connectivity index (χ2v) is 4.69. The lowest BCUT2D eigenvalue weighted by atomic mass is 10.1. The summed E-state index contributed by atoms with van der Waals surface area (Å²) in [6.45, 7) is 5.20. The van der Waals surface area contributed by atoms with E-state index in [0.717, 1.165) is 29.4 Å². The third-order valence-electron chi connectivity index (χ3n) is 3.41. The predicted octanol–water partition coefficient (Wildman–Crippen LogP) is 2.30. The van der Waals surface area contributed by atoms with Crippen LogP contribution < -0.4 is 14.8 Å². The van der Waals surface area contributed by atoms with E-state index in [9.17, 15) is 0 Å².